The van der Waals surface area contributed by atoms with Crippen LogP contribution < -0.4 is 0 Å². The first-order chi connectivity index (χ1) is 13.1. The average molecular weight is 385 g/mol. The first kappa shape index (κ1) is 17.7. The van der Waals surface area contributed by atoms with Crippen LogP contribution in [0.2, 0.25) is 0 Å². The number of hydrogen-bond acceptors (Lipinski definition) is 7. The molecular weight excluding hydrogens is 366 g/mol. The number of sulfonamides is 1. The molecule has 1 unspecified atom stereocenters. The quantitative estimate of drug-likeness (QED) is 0.641. The van der Waals surface area contributed by atoms with Crippen molar-refractivity contribution in [3.63, 3.8) is 0 Å². The van der Waals surface area contributed by atoms with Crippen molar-refractivity contribution in [2.24, 2.45) is 0 Å². The van der Waals surface area contributed by atoms with Gasteiger partial charge in [-0.05, 0) is 49.1 Å². The lowest BCUT2D eigenvalue weighted by Crippen LogP contribution is -2.33. The van der Waals surface area contributed by atoms with Gasteiger partial charge in [0.2, 0.25) is 21.8 Å². The molecule has 1 aliphatic heterocycles. The third-order valence-electron chi connectivity index (χ3n) is 4.59. The fourth-order valence-electron chi connectivity index (χ4n) is 3.21. The van der Waals surface area contributed by atoms with Crippen molar-refractivity contribution in [2.45, 2.75) is 25.3 Å². The van der Waals surface area contributed by atoms with Crippen molar-refractivity contribution in [1.82, 2.24) is 24.5 Å². The second-order valence-electron chi connectivity index (χ2n) is 6.38. The van der Waals surface area contributed by atoms with Crippen molar-refractivity contribution in [3.05, 3.63) is 60.5 Å². The van der Waals surface area contributed by atoms with Crippen LogP contribution in [0, 0.1) is 0 Å². The molecule has 0 aromatic carbocycles. The summed E-state index contributed by atoms with van der Waals surface area (Å²) < 4.78 is 33.0. The van der Waals surface area contributed by atoms with Gasteiger partial charge < -0.3 is 4.42 Å². The predicted octanol–water partition coefficient (Wildman–Crippen LogP) is 2.24. The molecule has 0 amide bonds. The summed E-state index contributed by atoms with van der Waals surface area (Å²) in [5, 5.41) is 8.15. The molecule has 3 aromatic rings. The molecule has 1 atom stereocenters. The van der Waals surface area contributed by atoms with Crippen LogP contribution in [0.3, 0.4) is 0 Å². The highest BCUT2D eigenvalue weighted by atomic mass is 32.2. The molecule has 0 N–H and O–H groups in total. The van der Waals surface area contributed by atoms with Gasteiger partial charge in [0.15, 0.2) is 0 Å². The summed E-state index contributed by atoms with van der Waals surface area (Å²) in [6.45, 7) is 0.466. The van der Waals surface area contributed by atoms with Gasteiger partial charge in [-0.1, -0.05) is 0 Å². The molecule has 1 aliphatic rings. The van der Waals surface area contributed by atoms with Gasteiger partial charge in [-0.2, -0.15) is 4.31 Å². The normalized spacial score (nSPS) is 18.0. The molecule has 0 radical (unpaired) electrons. The Balaban J connectivity index is 1.51. The molecule has 0 bridgehead atoms. The van der Waals surface area contributed by atoms with Crippen molar-refractivity contribution in [3.8, 4) is 11.5 Å². The first-order valence-electron chi connectivity index (χ1n) is 8.76. The molecule has 1 saturated heterocycles. The largest absolute Gasteiger partial charge is 0.419 e. The van der Waals surface area contributed by atoms with Crippen molar-refractivity contribution < 1.29 is 12.8 Å². The number of hydrogen-bond donors (Lipinski definition) is 0. The number of pyridine rings is 2. The Hall–Kier alpha value is -2.65. The molecule has 27 heavy (non-hydrogen) atoms. The van der Waals surface area contributed by atoms with E-state index in [0.29, 0.717) is 36.7 Å². The van der Waals surface area contributed by atoms with E-state index in [2.05, 4.69) is 20.2 Å². The van der Waals surface area contributed by atoms with Crippen molar-refractivity contribution in [2.75, 3.05) is 12.3 Å². The van der Waals surface area contributed by atoms with Crippen LogP contribution in [0.25, 0.3) is 11.5 Å². The summed E-state index contributed by atoms with van der Waals surface area (Å²) in [7, 11) is -3.44. The molecule has 4 rings (SSSR count). The number of aromatic nitrogens is 4. The fourth-order valence-corrected chi connectivity index (χ4v) is 4.93. The Labute approximate surface area is 157 Å². The zero-order chi connectivity index (χ0) is 18.7. The van der Waals surface area contributed by atoms with Crippen molar-refractivity contribution >= 4 is 10.0 Å². The predicted molar refractivity (Wildman–Crippen MR) is 97.9 cm³/mol. The van der Waals surface area contributed by atoms with Gasteiger partial charge in [0.1, 0.15) is 6.04 Å². The topological polar surface area (TPSA) is 102 Å². The van der Waals surface area contributed by atoms with Crippen molar-refractivity contribution in [1.29, 1.82) is 0 Å². The Morgan fingerprint density at radius 2 is 1.96 bits per heavy atom. The minimum Gasteiger partial charge on any atom is -0.419 e. The standard InChI is InChI=1S/C18H19N5O3S/c24-27(25,12-7-14-5-9-19-10-6-14)23-11-2-4-16(23)18-22-21-17(26-18)15-3-1-8-20-13-15/h1,3,5-6,8-10,13,16H,2,4,7,11-12H2. The SMILES string of the molecule is O=S(=O)(CCc1ccncc1)N1CCCC1c1nnc(-c2cccnc2)o1. The van der Waals surface area contributed by atoms with Gasteiger partial charge in [0.25, 0.3) is 0 Å². The molecule has 3 aromatic heterocycles. The van der Waals surface area contributed by atoms with E-state index < -0.39 is 16.1 Å². The summed E-state index contributed by atoms with van der Waals surface area (Å²) >= 11 is 0. The maximum Gasteiger partial charge on any atom is 0.249 e. The van der Waals surface area contributed by atoms with Gasteiger partial charge in [-0.3, -0.25) is 9.97 Å². The highest BCUT2D eigenvalue weighted by Crippen LogP contribution is 2.34. The lowest BCUT2D eigenvalue weighted by molar-refractivity contribution is 0.332. The van der Waals surface area contributed by atoms with E-state index in [1.165, 1.54) is 4.31 Å². The number of nitrogens with zero attached hydrogens (tertiary/aromatic N) is 5. The summed E-state index contributed by atoms with van der Waals surface area (Å²) in [6.07, 6.45) is 8.51. The molecule has 4 heterocycles. The van der Waals surface area contributed by atoms with Gasteiger partial charge in [-0.15, -0.1) is 10.2 Å². The zero-order valence-corrected chi connectivity index (χ0v) is 15.4. The Bertz CT molecular complexity index is 992. The van der Waals surface area contributed by atoms with Crippen LogP contribution in [0.5, 0.6) is 0 Å². The monoisotopic (exact) mass is 385 g/mol. The molecule has 140 valence electrons. The third-order valence-corrected chi connectivity index (χ3v) is 6.46. The first-order valence-corrected chi connectivity index (χ1v) is 10.4. The van der Waals surface area contributed by atoms with Crippen LogP contribution in [0.4, 0.5) is 0 Å². The molecular formula is C18H19N5O3S. The van der Waals surface area contributed by atoms with E-state index in [1.807, 2.05) is 18.2 Å². The summed E-state index contributed by atoms with van der Waals surface area (Å²) in [6, 6.07) is 6.85. The highest BCUT2D eigenvalue weighted by Gasteiger charge is 2.38. The summed E-state index contributed by atoms with van der Waals surface area (Å²) in [5.41, 5.74) is 1.65. The lowest BCUT2D eigenvalue weighted by atomic mass is 10.2. The Morgan fingerprint density at radius 1 is 1.11 bits per heavy atom. The van der Waals surface area contributed by atoms with Gasteiger partial charge in [0.05, 0.1) is 11.3 Å². The number of rotatable bonds is 6. The fraction of sp³-hybridized carbons (Fsp3) is 0.333. The van der Waals surface area contributed by atoms with Crippen LogP contribution in [0.15, 0.2) is 53.5 Å². The molecule has 1 fully saturated rings. The average Bonchev–Trinajstić information content (AvgIpc) is 3.38. The smallest absolute Gasteiger partial charge is 0.249 e. The van der Waals surface area contributed by atoms with Crippen LogP contribution in [-0.4, -0.2) is 45.2 Å². The second-order valence-corrected chi connectivity index (χ2v) is 8.42. The Morgan fingerprint density at radius 3 is 2.74 bits per heavy atom. The van der Waals surface area contributed by atoms with E-state index in [0.717, 1.165) is 12.0 Å². The maximum atomic E-state index is 12.9. The lowest BCUT2D eigenvalue weighted by Gasteiger charge is -2.21. The molecule has 0 spiro atoms. The van der Waals surface area contributed by atoms with E-state index in [-0.39, 0.29) is 5.75 Å². The van der Waals surface area contributed by atoms with E-state index >= 15 is 0 Å². The minimum absolute atomic E-state index is 0.0388. The summed E-state index contributed by atoms with van der Waals surface area (Å²) in [4.78, 5) is 7.99. The molecule has 0 saturated carbocycles. The second kappa shape index (κ2) is 7.53. The van der Waals surface area contributed by atoms with Crippen LogP contribution in [-0.2, 0) is 16.4 Å². The van der Waals surface area contributed by atoms with Gasteiger partial charge in [0, 0.05) is 31.3 Å². The van der Waals surface area contributed by atoms with Crippen LogP contribution in [0.1, 0.15) is 30.3 Å². The van der Waals surface area contributed by atoms with E-state index in [4.69, 9.17) is 4.42 Å². The van der Waals surface area contributed by atoms with Gasteiger partial charge >= 0.3 is 0 Å². The van der Waals surface area contributed by atoms with E-state index in [9.17, 15) is 8.42 Å². The molecule has 0 aliphatic carbocycles. The highest BCUT2D eigenvalue weighted by molar-refractivity contribution is 7.89. The molecule has 8 nitrogen and oxygen atoms in total. The van der Waals surface area contributed by atoms with Crippen LogP contribution >= 0.6 is 0 Å². The Kier molecular flexibility index (Phi) is 4.95. The zero-order valence-electron chi connectivity index (χ0n) is 14.6. The molecule has 9 heteroatoms. The summed E-state index contributed by atoms with van der Waals surface area (Å²) in [5.74, 6) is 0.717. The maximum absolute atomic E-state index is 12.9. The van der Waals surface area contributed by atoms with E-state index in [1.54, 1.807) is 30.9 Å². The number of aryl methyl sites for hydroxylation is 1. The third kappa shape index (κ3) is 3.88. The van der Waals surface area contributed by atoms with Gasteiger partial charge in [-0.25, -0.2) is 8.42 Å². The minimum atomic E-state index is -3.44.